The molecule has 1 N–H and O–H groups in total. The molecule has 122 valence electrons. The molecule has 0 bridgehead atoms. The largest absolute Gasteiger partial charge is 0.476 e. The normalized spacial score (nSPS) is 14.0. The topological polar surface area (TPSA) is 106 Å². The number of aromatic nitrogens is 5. The standard InChI is InChI=1S/C14H11BrN6O3/c15-8-4-16-11-3-9(18-21(11)5-8)13(22)20-2-1-19-6-10(14(23)24)17-12(19)7-20/h3-6H,1-2,7H2,(H,23,24). The Hall–Kier alpha value is -2.75. The highest BCUT2D eigenvalue weighted by Crippen LogP contribution is 2.17. The Labute approximate surface area is 143 Å². The lowest BCUT2D eigenvalue weighted by molar-refractivity contribution is 0.0689. The number of aromatic carboxylic acids is 1. The summed E-state index contributed by atoms with van der Waals surface area (Å²) in [6.45, 7) is 1.21. The van der Waals surface area contributed by atoms with E-state index in [1.165, 1.54) is 10.7 Å². The molecule has 24 heavy (non-hydrogen) atoms. The van der Waals surface area contributed by atoms with Gasteiger partial charge >= 0.3 is 5.97 Å². The molecule has 1 aliphatic rings. The molecule has 0 spiro atoms. The van der Waals surface area contributed by atoms with E-state index in [2.05, 4.69) is 31.0 Å². The Morgan fingerprint density at radius 1 is 1.21 bits per heavy atom. The third kappa shape index (κ3) is 2.44. The lowest BCUT2D eigenvalue weighted by atomic mass is 10.3. The molecule has 0 unspecified atom stereocenters. The fourth-order valence-corrected chi connectivity index (χ4v) is 2.95. The zero-order valence-electron chi connectivity index (χ0n) is 12.3. The van der Waals surface area contributed by atoms with Gasteiger partial charge in [-0.1, -0.05) is 0 Å². The Morgan fingerprint density at radius 2 is 2.04 bits per heavy atom. The van der Waals surface area contributed by atoms with E-state index in [1.54, 1.807) is 27.9 Å². The molecule has 0 fully saturated rings. The first kappa shape index (κ1) is 14.8. The van der Waals surface area contributed by atoms with Gasteiger partial charge in [0.1, 0.15) is 5.82 Å². The van der Waals surface area contributed by atoms with Crippen molar-refractivity contribution < 1.29 is 14.7 Å². The second-order valence-electron chi connectivity index (χ2n) is 5.37. The van der Waals surface area contributed by atoms with E-state index in [0.717, 1.165) is 4.47 Å². The Morgan fingerprint density at radius 3 is 2.83 bits per heavy atom. The van der Waals surface area contributed by atoms with E-state index >= 15 is 0 Å². The van der Waals surface area contributed by atoms with Gasteiger partial charge in [-0.25, -0.2) is 19.3 Å². The lowest BCUT2D eigenvalue weighted by Crippen LogP contribution is -2.38. The maximum atomic E-state index is 12.7. The van der Waals surface area contributed by atoms with Gasteiger partial charge in [0.05, 0.1) is 11.0 Å². The van der Waals surface area contributed by atoms with Crippen molar-refractivity contribution in [2.45, 2.75) is 13.1 Å². The quantitative estimate of drug-likeness (QED) is 0.700. The van der Waals surface area contributed by atoms with Crippen LogP contribution < -0.4 is 0 Å². The van der Waals surface area contributed by atoms with Crippen LogP contribution in [0.2, 0.25) is 0 Å². The summed E-state index contributed by atoms with van der Waals surface area (Å²) >= 11 is 3.31. The predicted molar refractivity (Wildman–Crippen MR) is 84.6 cm³/mol. The molecule has 4 heterocycles. The smallest absolute Gasteiger partial charge is 0.356 e. The van der Waals surface area contributed by atoms with Crippen molar-refractivity contribution in [3.63, 3.8) is 0 Å². The molecule has 1 aliphatic heterocycles. The van der Waals surface area contributed by atoms with Crippen molar-refractivity contribution in [2.24, 2.45) is 0 Å². The van der Waals surface area contributed by atoms with Crippen LogP contribution in [0.15, 0.2) is 29.1 Å². The Kier molecular flexibility index (Phi) is 3.34. The van der Waals surface area contributed by atoms with Crippen LogP contribution in [-0.2, 0) is 13.1 Å². The number of amides is 1. The number of hydrogen-bond acceptors (Lipinski definition) is 5. The summed E-state index contributed by atoms with van der Waals surface area (Å²) in [4.78, 5) is 33.5. The van der Waals surface area contributed by atoms with Crippen LogP contribution in [0.4, 0.5) is 0 Å². The summed E-state index contributed by atoms with van der Waals surface area (Å²) in [5, 5.41) is 13.3. The average Bonchev–Trinajstić information content (AvgIpc) is 3.16. The van der Waals surface area contributed by atoms with Gasteiger partial charge in [-0.3, -0.25) is 4.79 Å². The van der Waals surface area contributed by atoms with Crippen LogP contribution >= 0.6 is 15.9 Å². The summed E-state index contributed by atoms with van der Waals surface area (Å²) in [6, 6.07) is 1.62. The molecule has 0 aliphatic carbocycles. The van der Waals surface area contributed by atoms with Crippen molar-refractivity contribution in [1.82, 2.24) is 29.0 Å². The maximum absolute atomic E-state index is 12.7. The van der Waals surface area contributed by atoms with Gasteiger partial charge in [0, 0.05) is 37.7 Å². The number of rotatable bonds is 2. The first-order chi connectivity index (χ1) is 11.5. The summed E-state index contributed by atoms with van der Waals surface area (Å²) in [7, 11) is 0. The molecule has 3 aromatic rings. The summed E-state index contributed by atoms with van der Waals surface area (Å²) in [5.74, 6) is -0.758. The van der Waals surface area contributed by atoms with Gasteiger partial charge in [-0.15, -0.1) is 0 Å². The SMILES string of the molecule is O=C(O)c1cn2c(n1)CN(C(=O)c1cc3ncc(Br)cn3n1)CC2. The Balaban J connectivity index is 1.61. The van der Waals surface area contributed by atoms with Gasteiger partial charge in [0.2, 0.25) is 0 Å². The van der Waals surface area contributed by atoms with E-state index in [-0.39, 0.29) is 18.1 Å². The number of fused-ring (bicyclic) bond motifs is 2. The van der Waals surface area contributed by atoms with Crippen LogP contribution in [0.25, 0.3) is 5.65 Å². The van der Waals surface area contributed by atoms with E-state index in [0.29, 0.717) is 30.3 Å². The molecule has 0 aromatic carbocycles. The van der Waals surface area contributed by atoms with Crippen molar-refractivity contribution in [2.75, 3.05) is 6.54 Å². The van der Waals surface area contributed by atoms with Gasteiger partial charge < -0.3 is 14.6 Å². The fraction of sp³-hybridized carbons (Fsp3) is 0.214. The number of carboxylic acids is 1. The highest BCUT2D eigenvalue weighted by molar-refractivity contribution is 9.10. The molecular weight excluding hydrogens is 380 g/mol. The summed E-state index contributed by atoms with van der Waals surface area (Å²) in [5.41, 5.74) is 0.855. The van der Waals surface area contributed by atoms with Gasteiger partial charge in [0.15, 0.2) is 17.0 Å². The van der Waals surface area contributed by atoms with Crippen LogP contribution in [0, 0.1) is 0 Å². The van der Waals surface area contributed by atoms with Gasteiger partial charge in [-0.05, 0) is 15.9 Å². The molecule has 0 saturated carbocycles. The third-order valence-electron chi connectivity index (χ3n) is 3.81. The number of halogens is 1. The van der Waals surface area contributed by atoms with Crippen molar-refractivity contribution in [3.8, 4) is 0 Å². The van der Waals surface area contributed by atoms with Crippen LogP contribution in [0.3, 0.4) is 0 Å². The molecule has 0 saturated heterocycles. The van der Waals surface area contributed by atoms with Crippen LogP contribution in [-0.4, -0.2) is 52.6 Å². The van der Waals surface area contributed by atoms with Crippen molar-refractivity contribution in [1.29, 1.82) is 0 Å². The second kappa shape index (κ2) is 5.41. The number of carboxylic acid groups (broad SMARTS) is 1. The molecule has 10 heteroatoms. The first-order valence-electron chi connectivity index (χ1n) is 7.11. The lowest BCUT2D eigenvalue weighted by Gasteiger charge is -2.26. The fourth-order valence-electron chi connectivity index (χ4n) is 2.65. The number of carbonyl (C=O) groups excluding carboxylic acids is 1. The minimum atomic E-state index is -1.08. The first-order valence-corrected chi connectivity index (χ1v) is 7.90. The van der Waals surface area contributed by atoms with Gasteiger partial charge in [0.25, 0.3) is 5.91 Å². The monoisotopic (exact) mass is 390 g/mol. The number of imidazole rings is 1. The molecule has 1 amide bonds. The van der Waals surface area contributed by atoms with E-state index in [9.17, 15) is 9.59 Å². The molecule has 9 nitrogen and oxygen atoms in total. The zero-order chi connectivity index (χ0) is 16.8. The second-order valence-corrected chi connectivity index (χ2v) is 6.29. The number of carbonyl (C=O) groups is 2. The minimum Gasteiger partial charge on any atom is -0.476 e. The molecular formula is C14H11BrN6O3. The maximum Gasteiger partial charge on any atom is 0.356 e. The van der Waals surface area contributed by atoms with E-state index in [4.69, 9.17) is 5.11 Å². The number of hydrogen-bond donors (Lipinski definition) is 1. The Bertz CT molecular complexity index is 978. The zero-order valence-corrected chi connectivity index (χ0v) is 13.8. The van der Waals surface area contributed by atoms with Crippen molar-refractivity contribution in [3.05, 3.63) is 46.3 Å². The van der Waals surface area contributed by atoms with E-state index in [1.807, 2.05) is 0 Å². The summed E-state index contributed by atoms with van der Waals surface area (Å²) < 4.78 is 4.05. The van der Waals surface area contributed by atoms with Crippen molar-refractivity contribution >= 4 is 33.5 Å². The average molecular weight is 391 g/mol. The predicted octanol–water partition coefficient (Wildman–Crippen LogP) is 1.04. The molecule has 0 atom stereocenters. The molecule has 4 rings (SSSR count). The summed E-state index contributed by atoms with van der Waals surface area (Å²) in [6.07, 6.45) is 4.85. The number of nitrogens with zero attached hydrogens (tertiary/aromatic N) is 6. The molecule has 3 aromatic heterocycles. The van der Waals surface area contributed by atoms with Crippen LogP contribution in [0.1, 0.15) is 26.8 Å². The molecule has 0 radical (unpaired) electrons. The van der Waals surface area contributed by atoms with E-state index < -0.39 is 5.97 Å². The van der Waals surface area contributed by atoms with Gasteiger partial charge in [-0.2, -0.15) is 5.10 Å². The highest BCUT2D eigenvalue weighted by Gasteiger charge is 2.26. The minimum absolute atomic E-state index is 0.0129. The third-order valence-corrected chi connectivity index (χ3v) is 4.22. The van der Waals surface area contributed by atoms with Crippen LogP contribution in [0.5, 0.6) is 0 Å². The highest BCUT2D eigenvalue weighted by atomic mass is 79.9.